The molecule has 0 aliphatic carbocycles. The summed E-state index contributed by atoms with van der Waals surface area (Å²) >= 11 is 0. The van der Waals surface area contributed by atoms with Gasteiger partial charge < -0.3 is 15.7 Å². The highest BCUT2D eigenvalue weighted by molar-refractivity contribution is 5.81. The minimum Gasteiger partial charge on any atom is -0.394 e. The number of para-hydroxylation sites is 1. The van der Waals surface area contributed by atoms with Crippen molar-refractivity contribution in [3.63, 3.8) is 0 Å². The molecule has 1 aliphatic heterocycles. The maximum atomic E-state index is 11.5. The standard InChI is InChI=1S/C12H16N2O2/c15-8-10-6-5-9-3-1-2-4-11(9)13-7-12(16)14-10/h1-4,10,13,15H,5-8H2,(H,14,16). The molecule has 0 fully saturated rings. The zero-order valence-corrected chi connectivity index (χ0v) is 9.07. The molecule has 1 aromatic rings. The second-order valence-electron chi connectivity index (χ2n) is 4.00. The number of amides is 1. The monoisotopic (exact) mass is 220 g/mol. The SMILES string of the molecule is O=C1CNc2ccccc2CCC(CO)N1. The van der Waals surface area contributed by atoms with Gasteiger partial charge in [0.1, 0.15) is 0 Å². The highest BCUT2D eigenvalue weighted by atomic mass is 16.3. The Kier molecular flexibility index (Phi) is 3.41. The highest BCUT2D eigenvalue weighted by Gasteiger charge is 2.15. The van der Waals surface area contributed by atoms with Crippen molar-refractivity contribution in [2.24, 2.45) is 0 Å². The number of fused-ring (bicyclic) bond motifs is 1. The quantitative estimate of drug-likeness (QED) is 0.646. The van der Waals surface area contributed by atoms with Gasteiger partial charge in [0.05, 0.1) is 19.2 Å². The normalized spacial score (nSPS) is 20.8. The molecule has 1 heterocycles. The molecule has 0 saturated heterocycles. The number of aliphatic hydroxyl groups excluding tert-OH is 1. The first-order chi connectivity index (χ1) is 7.79. The Morgan fingerprint density at radius 2 is 2.19 bits per heavy atom. The molecule has 0 spiro atoms. The molecule has 4 heteroatoms. The third-order valence-corrected chi connectivity index (χ3v) is 2.80. The number of anilines is 1. The maximum absolute atomic E-state index is 11.5. The number of rotatable bonds is 1. The molecular weight excluding hydrogens is 204 g/mol. The lowest BCUT2D eigenvalue weighted by Gasteiger charge is -2.14. The molecular formula is C12H16N2O2. The van der Waals surface area contributed by atoms with Crippen LogP contribution >= 0.6 is 0 Å². The molecule has 0 aromatic heterocycles. The number of carbonyl (C=O) groups excluding carboxylic acids is 1. The van der Waals surface area contributed by atoms with Crippen LogP contribution in [0.5, 0.6) is 0 Å². The zero-order chi connectivity index (χ0) is 11.4. The van der Waals surface area contributed by atoms with Crippen molar-refractivity contribution in [1.82, 2.24) is 5.32 Å². The summed E-state index contributed by atoms with van der Waals surface area (Å²) in [6.45, 7) is 0.251. The van der Waals surface area contributed by atoms with Gasteiger partial charge in [-0.1, -0.05) is 18.2 Å². The topological polar surface area (TPSA) is 61.4 Å². The summed E-state index contributed by atoms with van der Waals surface area (Å²) in [6.07, 6.45) is 1.62. The summed E-state index contributed by atoms with van der Waals surface area (Å²) < 4.78 is 0. The van der Waals surface area contributed by atoms with Crippen LogP contribution in [-0.2, 0) is 11.2 Å². The van der Waals surface area contributed by atoms with Crippen LogP contribution in [0.2, 0.25) is 0 Å². The minimum atomic E-state index is -0.138. The smallest absolute Gasteiger partial charge is 0.239 e. The highest BCUT2D eigenvalue weighted by Crippen LogP contribution is 2.18. The van der Waals surface area contributed by atoms with Gasteiger partial charge >= 0.3 is 0 Å². The third kappa shape index (κ3) is 2.52. The Bertz CT molecular complexity index is 379. The average Bonchev–Trinajstić information content (AvgIpc) is 2.39. The fourth-order valence-electron chi connectivity index (χ4n) is 1.90. The number of carbonyl (C=O) groups is 1. The summed E-state index contributed by atoms with van der Waals surface area (Å²) in [5.74, 6) is -0.0734. The molecule has 1 aliphatic rings. The van der Waals surface area contributed by atoms with Crippen LogP contribution in [-0.4, -0.2) is 30.2 Å². The van der Waals surface area contributed by atoms with Crippen LogP contribution in [0.3, 0.4) is 0 Å². The summed E-state index contributed by atoms with van der Waals surface area (Å²) in [5, 5.41) is 15.0. The Morgan fingerprint density at radius 3 is 3.00 bits per heavy atom. The first-order valence-electron chi connectivity index (χ1n) is 5.51. The van der Waals surface area contributed by atoms with Gasteiger partial charge in [-0.25, -0.2) is 0 Å². The average molecular weight is 220 g/mol. The molecule has 1 amide bonds. The van der Waals surface area contributed by atoms with E-state index in [0.717, 1.165) is 18.5 Å². The van der Waals surface area contributed by atoms with Crippen molar-refractivity contribution >= 4 is 11.6 Å². The Morgan fingerprint density at radius 1 is 1.38 bits per heavy atom. The minimum absolute atomic E-state index is 0.00604. The Balaban J connectivity index is 2.19. The van der Waals surface area contributed by atoms with Gasteiger partial charge in [0.15, 0.2) is 0 Å². The molecule has 4 nitrogen and oxygen atoms in total. The van der Waals surface area contributed by atoms with Gasteiger partial charge in [-0.3, -0.25) is 4.79 Å². The molecule has 86 valence electrons. The summed E-state index contributed by atoms with van der Waals surface area (Å²) in [5.41, 5.74) is 2.20. The fraction of sp³-hybridized carbons (Fsp3) is 0.417. The van der Waals surface area contributed by atoms with Crippen molar-refractivity contribution in [3.8, 4) is 0 Å². The van der Waals surface area contributed by atoms with Gasteiger partial charge in [-0.05, 0) is 24.5 Å². The van der Waals surface area contributed by atoms with E-state index in [1.807, 2.05) is 24.3 Å². The van der Waals surface area contributed by atoms with E-state index in [9.17, 15) is 4.79 Å². The van der Waals surface area contributed by atoms with Gasteiger partial charge in [-0.15, -0.1) is 0 Å². The molecule has 3 N–H and O–H groups in total. The second-order valence-corrected chi connectivity index (χ2v) is 4.00. The van der Waals surface area contributed by atoms with E-state index >= 15 is 0 Å². The van der Waals surface area contributed by atoms with Crippen LogP contribution < -0.4 is 10.6 Å². The molecule has 1 atom stereocenters. The first-order valence-corrected chi connectivity index (χ1v) is 5.51. The largest absolute Gasteiger partial charge is 0.394 e. The Labute approximate surface area is 94.7 Å². The molecule has 1 aromatic carbocycles. The predicted octanol–water partition coefficient (Wildman–Crippen LogP) is 0.522. The second kappa shape index (κ2) is 4.99. The molecule has 16 heavy (non-hydrogen) atoms. The molecule has 0 bridgehead atoms. The van der Waals surface area contributed by atoms with E-state index in [4.69, 9.17) is 5.11 Å². The van der Waals surface area contributed by atoms with Crippen LogP contribution in [0, 0.1) is 0 Å². The number of benzene rings is 1. The molecule has 2 rings (SSSR count). The number of nitrogens with one attached hydrogen (secondary N) is 2. The number of aryl methyl sites for hydroxylation is 1. The van der Waals surface area contributed by atoms with E-state index in [2.05, 4.69) is 10.6 Å². The van der Waals surface area contributed by atoms with Crippen molar-refractivity contribution < 1.29 is 9.90 Å². The van der Waals surface area contributed by atoms with E-state index in [0.29, 0.717) is 0 Å². The lowest BCUT2D eigenvalue weighted by atomic mass is 10.0. The third-order valence-electron chi connectivity index (χ3n) is 2.80. The van der Waals surface area contributed by atoms with Crippen LogP contribution in [0.25, 0.3) is 0 Å². The van der Waals surface area contributed by atoms with Crippen LogP contribution in [0.15, 0.2) is 24.3 Å². The van der Waals surface area contributed by atoms with E-state index < -0.39 is 0 Å². The Hall–Kier alpha value is -1.55. The summed E-state index contributed by atoms with van der Waals surface area (Å²) in [6, 6.07) is 7.82. The first kappa shape index (κ1) is 11.0. The summed E-state index contributed by atoms with van der Waals surface area (Å²) in [4.78, 5) is 11.5. The number of hydrogen-bond acceptors (Lipinski definition) is 3. The van der Waals surface area contributed by atoms with Crippen LogP contribution in [0.1, 0.15) is 12.0 Å². The predicted molar refractivity (Wildman–Crippen MR) is 62.3 cm³/mol. The molecule has 1 unspecified atom stereocenters. The van der Waals surface area contributed by atoms with Crippen molar-refractivity contribution in [1.29, 1.82) is 0 Å². The summed E-state index contributed by atoms with van der Waals surface area (Å²) in [7, 11) is 0. The van der Waals surface area contributed by atoms with Gasteiger partial charge in [0.25, 0.3) is 0 Å². The van der Waals surface area contributed by atoms with Crippen LogP contribution in [0.4, 0.5) is 5.69 Å². The van der Waals surface area contributed by atoms with Gasteiger partial charge in [-0.2, -0.15) is 0 Å². The fourth-order valence-corrected chi connectivity index (χ4v) is 1.90. The van der Waals surface area contributed by atoms with Crippen molar-refractivity contribution in [2.75, 3.05) is 18.5 Å². The van der Waals surface area contributed by atoms with E-state index in [-0.39, 0.29) is 25.1 Å². The molecule has 0 radical (unpaired) electrons. The maximum Gasteiger partial charge on any atom is 0.239 e. The number of hydrogen-bond donors (Lipinski definition) is 3. The zero-order valence-electron chi connectivity index (χ0n) is 9.07. The lowest BCUT2D eigenvalue weighted by Crippen LogP contribution is -2.40. The van der Waals surface area contributed by atoms with E-state index in [1.54, 1.807) is 0 Å². The van der Waals surface area contributed by atoms with Gasteiger partial charge in [0, 0.05) is 5.69 Å². The van der Waals surface area contributed by atoms with Gasteiger partial charge in [0.2, 0.25) is 5.91 Å². The van der Waals surface area contributed by atoms with Crippen molar-refractivity contribution in [3.05, 3.63) is 29.8 Å². The van der Waals surface area contributed by atoms with Crippen molar-refractivity contribution in [2.45, 2.75) is 18.9 Å². The number of aliphatic hydroxyl groups is 1. The molecule has 0 saturated carbocycles. The van der Waals surface area contributed by atoms with E-state index in [1.165, 1.54) is 5.56 Å². The lowest BCUT2D eigenvalue weighted by molar-refractivity contribution is -0.120.